The monoisotopic (exact) mass is 377 g/mol. The van der Waals surface area contributed by atoms with Gasteiger partial charge in [-0.2, -0.15) is 0 Å². The quantitative estimate of drug-likeness (QED) is 0.594. The van der Waals surface area contributed by atoms with Crippen LogP contribution in [0.25, 0.3) is 0 Å². The van der Waals surface area contributed by atoms with Gasteiger partial charge in [-0.3, -0.25) is 0 Å². The highest BCUT2D eigenvalue weighted by atomic mass is 127. The van der Waals surface area contributed by atoms with Crippen LogP contribution in [0.2, 0.25) is 0 Å². The first-order valence-electron chi connectivity index (χ1n) is 3.37. The van der Waals surface area contributed by atoms with Gasteiger partial charge in [-0.15, -0.1) is 5.10 Å². The van der Waals surface area contributed by atoms with Crippen LogP contribution >= 0.6 is 45.2 Å². The molecule has 1 rings (SSSR count). The van der Waals surface area contributed by atoms with Crippen LogP contribution in [0.4, 0.5) is 0 Å². The van der Waals surface area contributed by atoms with Gasteiger partial charge < -0.3 is 0 Å². The fourth-order valence-electron chi connectivity index (χ4n) is 0.759. The maximum Gasteiger partial charge on any atom is 0.0941 e. The molecule has 1 aromatic rings. The predicted molar refractivity (Wildman–Crippen MR) is 61.3 cm³/mol. The molecule has 5 heteroatoms. The number of halogens is 2. The highest BCUT2D eigenvalue weighted by Gasteiger charge is 1.97. The predicted octanol–water partition coefficient (Wildman–Crippen LogP) is 2.04. The molecule has 0 bridgehead atoms. The zero-order chi connectivity index (χ0) is 8.10. The fourth-order valence-corrected chi connectivity index (χ4v) is 1.47. The maximum absolute atomic E-state index is 4.03. The lowest BCUT2D eigenvalue weighted by Gasteiger charge is -1.89. The third kappa shape index (κ3) is 3.22. The second-order valence-electron chi connectivity index (χ2n) is 2.16. The van der Waals surface area contributed by atoms with Crippen molar-refractivity contribution < 1.29 is 0 Å². The first kappa shape index (κ1) is 9.69. The molecule has 0 saturated carbocycles. The van der Waals surface area contributed by atoms with Crippen LogP contribution in [0.3, 0.4) is 0 Å². The zero-order valence-corrected chi connectivity index (χ0v) is 10.3. The summed E-state index contributed by atoms with van der Waals surface area (Å²) in [6, 6.07) is 0. The van der Waals surface area contributed by atoms with Gasteiger partial charge in [0.25, 0.3) is 0 Å². The number of nitrogens with zero attached hydrogens (tertiary/aromatic N) is 3. The SMILES string of the molecule is ICCCc1cn(CI)nn1. The maximum atomic E-state index is 4.03. The number of alkyl halides is 2. The van der Waals surface area contributed by atoms with Crippen LogP contribution in [0, 0.1) is 0 Å². The van der Waals surface area contributed by atoms with E-state index in [1.54, 1.807) is 0 Å². The van der Waals surface area contributed by atoms with Gasteiger partial charge in [0, 0.05) is 6.20 Å². The largest absolute Gasteiger partial charge is 0.242 e. The van der Waals surface area contributed by atoms with Crippen LogP contribution in [0.1, 0.15) is 12.1 Å². The van der Waals surface area contributed by atoms with Gasteiger partial charge in [-0.1, -0.05) is 50.4 Å². The van der Waals surface area contributed by atoms with Crippen LogP contribution in [-0.4, -0.2) is 19.4 Å². The summed E-state index contributed by atoms with van der Waals surface area (Å²) in [6.07, 6.45) is 4.26. The molecular weight excluding hydrogens is 368 g/mol. The minimum atomic E-state index is 0.884. The number of rotatable bonds is 4. The van der Waals surface area contributed by atoms with Gasteiger partial charge in [0.05, 0.1) is 10.2 Å². The second kappa shape index (κ2) is 5.28. The van der Waals surface area contributed by atoms with Crippen LogP contribution in [0.15, 0.2) is 6.20 Å². The summed E-state index contributed by atoms with van der Waals surface area (Å²) >= 11 is 4.64. The minimum Gasteiger partial charge on any atom is -0.242 e. The molecule has 11 heavy (non-hydrogen) atoms. The van der Waals surface area contributed by atoms with E-state index in [1.165, 1.54) is 10.8 Å². The molecule has 3 nitrogen and oxygen atoms in total. The Balaban J connectivity index is 2.44. The van der Waals surface area contributed by atoms with E-state index >= 15 is 0 Å². The molecule has 0 fully saturated rings. The van der Waals surface area contributed by atoms with Gasteiger partial charge >= 0.3 is 0 Å². The lowest BCUT2D eigenvalue weighted by molar-refractivity contribution is 0.713. The van der Waals surface area contributed by atoms with Gasteiger partial charge in [-0.25, -0.2) is 4.68 Å². The standard InChI is InChI=1S/C6H9I2N3/c7-3-1-2-6-4-11(5-8)10-9-6/h4H,1-3,5H2. The molecule has 62 valence electrons. The lowest BCUT2D eigenvalue weighted by Crippen LogP contribution is -1.90. The molecule has 0 aliphatic rings. The van der Waals surface area contributed by atoms with E-state index in [-0.39, 0.29) is 0 Å². The second-order valence-corrected chi connectivity index (χ2v) is 3.92. The Labute approximate surface area is 93.2 Å². The fraction of sp³-hybridized carbons (Fsp3) is 0.667. The summed E-state index contributed by atoms with van der Waals surface area (Å²) in [4.78, 5) is 0. The summed E-state index contributed by atoms with van der Waals surface area (Å²) in [7, 11) is 0. The number of aryl methyl sites for hydroxylation is 1. The lowest BCUT2D eigenvalue weighted by atomic mass is 10.3. The first-order chi connectivity index (χ1) is 5.36. The minimum absolute atomic E-state index is 0.884. The van der Waals surface area contributed by atoms with E-state index in [9.17, 15) is 0 Å². The summed E-state index contributed by atoms with van der Waals surface area (Å²) in [5, 5.41) is 7.97. The molecule has 0 saturated heterocycles. The third-order valence-corrected chi connectivity index (χ3v) is 2.74. The van der Waals surface area contributed by atoms with Crippen LogP contribution < -0.4 is 0 Å². The molecule has 0 spiro atoms. The summed E-state index contributed by atoms with van der Waals surface area (Å²) in [5.74, 6) is 0. The topological polar surface area (TPSA) is 30.7 Å². The Bertz CT molecular complexity index is 211. The van der Waals surface area contributed by atoms with Crippen LogP contribution in [0.5, 0.6) is 0 Å². The molecule has 0 unspecified atom stereocenters. The number of hydrogen-bond acceptors (Lipinski definition) is 2. The Morgan fingerprint density at radius 1 is 1.45 bits per heavy atom. The number of aromatic nitrogens is 3. The van der Waals surface area contributed by atoms with E-state index in [0.29, 0.717) is 0 Å². The van der Waals surface area contributed by atoms with E-state index in [1.807, 2.05) is 10.9 Å². The van der Waals surface area contributed by atoms with Crippen molar-refractivity contribution in [2.45, 2.75) is 17.4 Å². The van der Waals surface area contributed by atoms with Crippen LogP contribution in [-0.2, 0) is 11.0 Å². The molecule has 0 atom stereocenters. The van der Waals surface area contributed by atoms with E-state index in [0.717, 1.165) is 16.7 Å². The zero-order valence-electron chi connectivity index (χ0n) is 6.00. The molecule has 0 aromatic carbocycles. The Morgan fingerprint density at radius 2 is 2.27 bits per heavy atom. The molecule has 0 N–H and O–H groups in total. The molecule has 0 radical (unpaired) electrons. The first-order valence-corrected chi connectivity index (χ1v) is 6.43. The van der Waals surface area contributed by atoms with Gasteiger partial charge in [0.2, 0.25) is 0 Å². The molecule has 0 aliphatic carbocycles. The number of hydrogen-bond donors (Lipinski definition) is 0. The summed E-state index contributed by atoms with van der Waals surface area (Å²) < 4.78 is 3.92. The molecule has 0 aliphatic heterocycles. The third-order valence-electron chi connectivity index (χ3n) is 1.28. The Hall–Kier alpha value is 0.600. The van der Waals surface area contributed by atoms with E-state index in [4.69, 9.17) is 0 Å². The highest BCUT2D eigenvalue weighted by molar-refractivity contribution is 14.1. The van der Waals surface area contributed by atoms with Gasteiger partial charge in [-0.05, 0) is 17.3 Å². The molecule has 0 amide bonds. The molecular formula is C6H9I2N3. The van der Waals surface area contributed by atoms with Crippen molar-refractivity contribution in [1.82, 2.24) is 15.0 Å². The molecule has 1 heterocycles. The molecule has 1 aromatic heterocycles. The summed E-state index contributed by atoms with van der Waals surface area (Å²) in [5.41, 5.74) is 1.11. The summed E-state index contributed by atoms with van der Waals surface area (Å²) in [6.45, 7) is 0. The van der Waals surface area contributed by atoms with Gasteiger partial charge in [0.1, 0.15) is 0 Å². The average Bonchev–Trinajstić information content (AvgIpc) is 2.48. The van der Waals surface area contributed by atoms with Crippen molar-refractivity contribution in [3.8, 4) is 0 Å². The average molecular weight is 377 g/mol. The Kier molecular flexibility index (Phi) is 4.65. The normalized spacial score (nSPS) is 10.4. The van der Waals surface area contributed by atoms with Crippen molar-refractivity contribution in [2.24, 2.45) is 0 Å². The van der Waals surface area contributed by atoms with Crippen molar-refractivity contribution in [2.75, 3.05) is 4.43 Å². The van der Waals surface area contributed by atoms with Crippen molar-refractivity contribution in [3.05, 3.63) is 11.9 Å². The van der Waals surface area contributed by atoms with E-state index < -0.39 is 0 Å². The smallest absolute Gasteiger partial charge is 0.0941 e. The Morgan fingerprint density at radius 3 is 2.82 bits per heavy atom. The van der Waals surface area contributed by atoms with Crippen molar-refractivity contribution in [3.63, 3.8) is 0 Å². The van der Waals surface area contributed by atoms with Crippen molar-refractivity contribution in [1.29, 1.82) is 0 Å². The van der Waals surface area contributed by atoms with E-state index in [2.05, 4.69) is 55.5 Å². The van der Waals surface area contributed by atoms with Crippen molar-refractivity contribution >= 4 is 45.2 Å². The highest BCUT2D eigenvalue weighted by Crippen LogP contribution is 2.01. The van der Waals surface area contributed by atoms with Gasteiger partial charge in [0.15, 0.2) is 0 Å².